The van der Waals surface area contributed by atoms with Crippen molar-refractivity contribution in [3.8, 4) is 0 Å². The van der Waals surface area contributed by atoms with Crippen molar-refractivity contribution in [1.82, 2.24) is 4.98 Å². The maximum absolute atomic E-state index is 13.6. The molecule has 1 heterocycles. The van der Waals surface area contributed by atoms with Crippen LogP contribution < -0.4 is 5.32 Å². The van der Waals surface area contributed by atoms with Gasteiger partial charge in [0.25, 0.3) is 0 Å². The van der Waals surface area contributed by atoms with Crippen molar-refractivity contribution in [3.63, 3.8) is 0 Å². The second kappa shape index (κ2) is 8.20. The molecule has 0 spiro atoms. The Morgan fingerprint density at radius 2 is 1.86 bits per heavy atom. The number of nitrogens with zero attached hydrogens (tertiary/aromatic N) is 1. The predicted molar refractivity (Wildman–Crippen MR) is 100 cm³/mol. The summed E-state index contributed by atoms with van der Waals surface area (Å²) in [5.41, 5.74) is 0.514. The third-order valence-corrected chi connectivity index (χ3v) is 6.64. The molecule has 5 nitrogen and oxygen atoms in total. The summed E-state index contributed by atoms with van der Waals surface area (Å²) >= 11 is 0.669. The van der Waals surface area contributed by atoms with E-state index in [-0.39, 0.29) is 35.2 Å². The fourth-order valence-electron chi connectivity index (χ4n) is 3.40. The topological polar surface area (TPSA) is 76.1 Å². The lowest BCUT2D eigenvalue weighted by molar-refractivity contribution is -0.118. The van der Waals surface area contributed by atoms with E-state index in [4.69, 9.17) is 0 Å². The summed E-state index contributed by atoms with van der Waals surface area (Å²) < 4.78 is 63.5. The molecule has 1 aromatic heterocycles. The summed E-state index contributed by atoms with van der Waals surface area (Å²) in [5, 5.41) is 2.05. The monoisotopic (exact) mass is 432 g/mol. The van der Waals surface area contributed by atoms with Gasteiger partial charge in [-0.15, -0.1) is 0 Å². The van der Waals surface area contributed by atoms with Crippen LogP contribution in [-0.2, 0) is 14.6 Å². The smallest absolute Gasteiger partial charge is 0.233 e. The summed E-state index contributed by atoms with van der Waals surface area (Å²) in [7, 11) is -3.40. The molecule has 0 aliphatic heterocycles. The molecule has 1 aromatic carbocycles. The van der Waals surface area contributed by atoms with Gasteiger partial charge in [0.1, 0.15) is 12.3 Å². The molecule has 0 bridgehead atoms. The third kappa shape index (κ3) is 4.91. The fraction of sp³-hybridized carbons (Fsp3) is 0.444. The molecular weight excluding hydrogens is 413 g/mol. The lowest BCUT2D eigenvalue weighted by Crippen LogP contribution is -2.23. The number of hydrogen-bond acceptors (Lipinski definition) is 5. The number of carbonyl (C=O) groups excluding carboxylic acids is 1. The first kappa shape index (κ1) is 20.8. The predicted octanol–water partition coefficient (Wildman–Crippen LogP) is 3.88. The molecule has 1 N–H and O–H groups in total. The number of thiazole rings is 1. The number of nitrogens with one attached hydrogen (secondary N) is 1. The van der Waals surface area contributed by atoms with Gasteiger partial charge in [-0.2, -0.15) is 4.39 Å². The van der Waals surface area contributed by atoms with Crippen LogP contribution in [0, 0.1) is 11.0 Å². The summed E-state index contributed by atoms with van der Waals surface area (Å²) in [5.74, 6) is -1.59. The van der Waals surface area contributed by atoms with Crippen LogP contribution in [0.2, 0.25) is 0 Å². The van der Waals surface area contributed by atoms with Crippen LogP contribution >= 0.6 is 11.3 Å². The van der Waals surface area contributed by atoms with E-state index in [1.165, 1.54) is 24.3 Å². The molecule has 0 radical (unpaired) electrons. The fourth-order valence-corrected chi connectivity index (χ4v) is 4.58. The van der Waals surface area contributed by atoms with Crippen molar-refractivity contribution in [2.75, 3.05) is 11.6 Å². The molecule has 1 aliphatic carbocycles. The van der Waals surface area contributed by atoms with E-state index in [0.29, 0.717) is 16.9 Å². The Balaban J connectivity index is 1.84. The van der Waals surface area contributed by atoms with Crippen molar-refractivity contribution in [2.24, 2.45) is 5.92 Å². The van der Waals surface area contributed by atoms with Gasteiger partial charge in [-0.1, -0.05) is 23.5 Å². The second-order valence-corrected chi connectivity index (χ2v) is 9.95. The van der Waals surface area contributed by atoms with Crippen LogP contribution in [-0.4, -0.2) is 37.9 Å². The largest absolute Gasteiger partial charge is 0.301 e. The van der Waals surface area contributed by atoms with Crippen LogP contribution in [0.25, 0.3) is 0 Å². The number of anilines is 1. The zero-order valence-corrected chi connectivity index (χ0v) is 16.6. The number of sulfone groups is 1. The average Bonchev–Trinajstić information content (AvgIpc) is 3.17. The molecule has 3 rings (SSSR count). The highest BCUT2D eigenvalue weighted by molar-refractivity contribution is 7.90. The number of benzene rings is 1. The molecule has 2 unspecified atom stereocenters. The highest BCUT2D eigenvalue weighted by Crippen LogP contribution is 2.38. The van der Waals surface area contributed by atoms with Crippen molar-refractivity contribution < 1.29 is 26.4 Å². The van der Waals surface area contributed by atoms with Gasteiger partial charge in [-0.25, -0.2) is 22.2 Å². The molecule has 1 saturated carbocycles. The molecule has 28 heavy (non-hydrogen) atoms. The van der Waals surface area contributed by atoms with Crippen LogP contribution in [0.1, 0.15) is 30.7 Å². The van der Waals surface area contributed by atoms with Crippen LogP contribution in [0.4, 0.5) is 18.3 Å². The van der Waals surface area contributed by atoms with Gasteiger partial charge in [0.15, 0.2) is 20.1 Å². The van der Waals surface area contributed by atoms with E-state index in [0.717, 1.165) is 12.5 Å². The number of aromatic nitrogens is 1. The zero-order valence-electron chi connectivity index (χ0n) is 14.9. The summed E-state index contributed by atoms with van der Waals surface area (Å²) in [4.78, 5) is 16.6. The van der Waals surface area contributed by atoms with E-state index < -0.39 is 39.1 Å². The second-order valence-electron chi connectivity index (χ2n) is 6.96. The Bertz CT molecular complexity index is 937. The first-order valence-electron chi connectivity index (χ1n) is 8.64. The maximum Gasteiger partial charge on any atom is 0.233 e. The van der Waals surface area contributed by atoms with Gasteiger partial charge in [-0.05, 0) is 42.9 Å². The van der Waals surface area contributed by atoms with Crippen LogP contribution in [0.5, 0.6) is 0 Å². The minimum absolute atomic E-state index is 0.0260. The minimum atomic E-state index is -3.40. The first-order chi connectivity index (χ1) is 13.1. The van der Waals surface area contributed by atoms with E-state index >= 15 is 0 Å². The van der Waals surface area contributed by atoms with Crippen LogP contribution in [0.15, 0.2) is 35.4 Å². The average molecular weight is 432 g/mol. The number of halogens is 3. The summed E-state index contributed by atoms with van der Waals surface area (Å²) in [6.45, 7) is 0. The standard InChI is InChI=1S/C18H19F3N2O3S2/c1-28(25,26)12-4-2-11(3-5-12)13(6-10-7-14(19)15(20)8-10)17(24)23-18-22-9-16(21)27-18/h2-5,9-10,13-15H,6-8H2,1H3,(H,22,23,24)/t10?,13?,14-,15+. The molecule has 2 aromatic rings. The normalized spacial score (nSPS) is 23.5. The Hall–Kier alpha value is -1.94. The van der Waals surface area contributed by atoms with Crippen LogP contribution in [0.3, 0.4) is 0 Å². The maximum atomic E-state index is 13.6. The van der Waals surface area contributed by atoms with E-state index in [1.54, 1.807) is 0 Å². The summed E-state index contributed by atoms with van der Waals surface area (Å²) in [6, 6.07) is 5.80. The SMILES string of the molecule is CS(=O)(=O)c1ccc(C(CC2C[C@@H](F)[C@@H](F)C2)C(=O)Nc2ncc(F)s2)cc1. The van der Waals surface area contributed by atoms with Gasteiger partial charge in [0, 0.05) is 6.26 Å². The summed E-state index contributed by atoms with van der Waals surface area (Å²) in [6.07, 6.45) is -0.794. The van der Waals surface area contributed by atoms with Crippen molar-refractivity contribution >= 4 is 32.2 Å². The molecule has 10 heteroatoms. The molecule has 1 aliphatic rings. The number of hydrogen-bond donors (Lipinski definition) is 1. The number of carbonyl (C=O) groups is 1. The Morgan fingerprint density at radius 3 is 2.36 bits per heavy atom. The molecule has 4 atom stereocenters. The third-order valence-electron chi connectivity index (χ3n) is 4.81. The van der Waals surface area contributed by atoms with Crippen molar-refractivity contribution in [1.29, 1.82) is 0 Å². The van der Waals surface area contributed by atoms with E-state index in [9.17, 15) is 26.4 Å². The zero-order chi connectivity index (χ0) is 20.5. The molecule has 0 saturated heterocycles. The van der Waals surface area contributed by atoms with Gasteiger partial charge < -0.3 is 5.32 Å². The van der Waals surface area contributed by atoms with E-state index in [1.807, 2.05) is 0 Å². The molecular formula is C18H19F3N2O3S2. The van der Waals surface area contributed by atoms with Crippen molar-refractivity contribution in [2.45, 2.75) is 42.4 Å². The molecule has 1 fully saturated rings. The first-order valence-corrected chi connectivity index (χ1v) is 11.3. The quantitative estimate of drug-likeness (QED) is 0.752. The molecule has 1 amide bonds. The van der Waals surface area contributed by atoms with E-state index in [2.05, 4.69) is 10.3 Å². The lowest BCUT2D eigenvalue weighted by atomic mass is 9.87. The van der Waals surface area contributed by atoms with Crippen molar-refractivity contribution in [3.05, 3.63) is 41.2 Å². The Morgan fingerprint density at radius 1 is 1.25 bits per heavy atom. The number of alkyl halides is 2. The van der Waals surface area contributed by atoms with Gasteiger partial charge in [0.2, 0.25) is 5.91 Å². The highest BCUT2D eigenvalue weighted by atomic mass is 32.2. The van der Waals surface area contributed by atoms with Gasteiger partial charge in [0.05, 0.1) is 17.0 Å². The Labute approximate surface area is 164 Å². The lowest BCUT2D eigenvalue weighted by Gasteiger charge is -2.20. The number of rotatable bonds is 6. The van der Waals surface area contributed by atoms with Gasteiger partial charge >= 0.3 is 0 Å². The minimum Gasteiger partial charge on any atom is -0.301 e. The highest BCUT2D eigenvalue weighted by Gasteiger charge is 2.37. The molecule has 152 valence electrons. The number of amides is 1. The Kier molecular flexibility index (Phi) is 6.09. The van der Waals surface area contributed by atoms with Gasteiger partial charge in [-0.3, -0.25) is 4.79 Å².